The Morgan fingerprint density at radius 3 is 2.42 bits per heavy atom. The van der Waals surface area contributed by atoms with Crippen molar-refractivity contribution in [2.24, 2.45) is 11.3 Å². The quantitative estimate of drug-likeness (QED) is 0.378. The molecule has 1 amide bonds. The van der Waals surface area contributed by atoms with Crippen molar-refractivity contribution in [1.82, 2.24) is 24.4 Å². The minimum atomic E-state index is -4.47. The van der Waals surface area contributed by atoms with Gasteiger partial charge in [-0.05, 0) is 48.3 Å². The highest BCUT2D eigenvalue weighted by Crippen LogP contribution is 2.33. The predicted octanol–water partition coefficient (Wildman–Crippen LogP) is 5.46. The molecule has 0 atom stereocenters. The van der Waals surface area contributed by atoms with E-state index in [2.05, 4.69) is 34.1 Å². The van der Waals surface area contributed by atoms with E-state index in [1.165, 1.54) is 18.6 Å². The molecular formula is C28H33F3N6O3. The normalized spacial score (nSPS) is 17.6. The standard InChI is InChI=1S/C28H33F3N6O3/c1-27(2)12-4-14-36(16-27)25(38)24-35-22-20(37(24)15-18-7-9-19(10-8-18)28(29,30)31)21(33-23(34-22)26(39)40)32-13-11-17-5-3-6-17/h7-10,17H,3-6,11-16H2,1-2H3,(H,39,40)(H,32,33,34). The molecule has 1 aliphatic heterocycles. The van der Waals surface area contributed by atoms with E-state index in [1.54, 1.807) is 9.47 Å². The summed E-state index contributed by atoms with van der Waals surface area (Å²) in [5, 5.41) is 12.9. The minimum absolute atomic E-state index is 0.0278. The molecule has 214 valence electrons. The molecule has 2 N–H and O–H groups in total. The van der Waals surface area contributed by atoms with E-state index >= 15 is 0 Å². The summed E-state index contributed by atoms with van der Waals surface area (Å²) in [5.74, 6) is -1.23. The van der Waals surface area contributed by atoms with Crippen LogP contribution >= 0.6 is 0 Å². The second kappa shape index (κ2) is 10.7. The zero-order valence-corrected chi connectivity index (χ0v) is 22.6. The lowest BCUT2D eigenvalue weighted by Crippen LogP contribution is -2.44. The lowest BCUT2D eigenvalue weighted by molar-refractivity contribution is -0.137. The van der Waals surface area contributed by atoms with Crippen LogP contribution in [0.15, 0.2) is 24.3 Å². The number of carbonyl (C=O) groups is 2. The summed E-state index contributed by atoms with van der Waals surface area (Å²) < 4.78 is 41.1. The van der Waals surface area contributed by atoms with Gasteiger partial charge < -0.3 is 19.9 Å². The van der Waals surface area contributed by atoms with Gasteiger partial charge in [-0.15, -0.1) is 0 Å². The number of amides is 1. The summed E-state index contributed by atoms with van der Waals surface area (Å²) in [5.41, 5.74) is 0.0560. The molecule has 3 heterocycles. The number of nitrogens with zero attached hydrogens (tertiary/aromatic N) is 5. The number of carboxylic acids is 1. The molecule has 0 bridgehead atoms. The molecule has 1 aliphatic carbocycles. The largest absolute Gasteiger partial charge is 0.475 e. The molecule has 2 aromatic heterocycles. The monoisotopic (exact) mass is 558 g/mol. The van der Waals surface area contributed by atoms with Gasteiger partial charge in [-0.1, -0.05) is 45.2 Å². The van der Waals surface area contributed by atoms with Gasteiger partial charge in [-0.2, -0.15) is 13.2 Å². The van der Waals surface area contributed by atoms with Crippen molar-refractivity contribution >= 4 is 28.9 Å². The molecule has 1 aromatic carbocycles. The van der Waals surface area contributed by atoms with E-state index in [1.807, 2.05) is 0 Å². The summed E-state index contributed by atoms with van der Waals surface area (Å²) in [4.78, 5) is 40.3. The van der Waals surface area contributed by atoms with Gasteiger partial charge in [0.05, 0.1) is 12.1 Å². The van der Waals surface area contributed by atoms with Gasteiger partial charge in [-0.3, -0.25) is 4.79 Å². The van der Waals surface area contributed by atoms with Gasteiger partial charge in [0.1, 0.15) is 5.52 Å². The maximum Gasteiger partial charge on any atom is 0.416 e. The average Bonchev–Trinajstić information content (AvgIpc) is 3.22. The number of piperidine rings is 1. The number of hydrogen-bond donors (Lipinski definition) is 2. The Morgan fingerprint density at radius 1 is 1.10 bits per heavy atom. The number of imidazole rings is 1. The molecular weight excluding hydrogens is 525 g/mol. The fraction of sp³-hybridized carbons (Fsp3) is 0.536. The fourth-order valence-corrected chi connectivity index (χ4v) is 5.47. The summed E-state index contributed by atoms with van der Waals surface area (Å²) in [6, 6.07) is 4.73. The first kappa shape index (κ1) is 27.9. The first-order valence-electron chi connectivity index (χ1n) is 13.6. The Balaban J connectivity index is 1.58. The molecule has 40 heavy (non-hydrogen) atoms. The maximum atomic E-state index is 13.8. The highest BCUT2D eigenvalue weighted by molar-refractivity contribution is 5.97. The number of carbonyl (C=O) groups excluding carboxylic acids is 1. The highest BCUT2D eigenvalue weighted by Gasteiger charge is 2.34. The average molecular weight is 559 g/mol. The van der Waals surface area contributed by atoms with Crippen LogP contribution in [0.1, 0.15) is 84.7 Å². The number of fused-ring (bicyclic) bond motifs is 1. The molecule has 0 spiro atoms. The zero-order valence-electron chi connectivity index (χ0n) is 22.6. The van der Waals surface area contributed by atoms with E-state index in [-0.39, 0.29) is 35.2 Å². The molecule has 2 fully saturated rings. The van der Waals surface area contributed by atoms with Gasteiger partial charge in [0.15, 0.2) is 11.5 Å². The maximum absolute atomic E-state index is 13.8. The number of alkyl halides is 3. The van der Waals surface area contributed by atoms with Crippen LogP contribution in [-0.2, 0) is 12.7 Å². The Bertz CT molecular complexity index is 1410. The van der Waals surface area contributed by atoms with Crippen LogP contribution in [0.3, 0.4) is 0 Å². The smallest absolute Gasteiger partial charge is 0.416 e. The molecule has 9 nitrogen and oxygen atoms in total. The van der Waals surface area contributed by atoms with Gasteiger partial charge in [0.2, 0.25) is 11.6 Å². The Hall–Kier alpha value is -3.70. The SMILES string of the molecule is CC1(C)CCCN(C(=O)c2nc3nc(C(=O)O)nc(NCCC4CCC4)c3n2Cc2ccc(C(F)(F)F)cc2)C1. The predicted molar refractivity (Wildman–Crippen MR) is 142 cm³/mol. The number of anilines is 1. The summed E-state index contributed by atoms with van der Waals surface area (Å²) in [6.45, 7) is 5.82. The van der Waals surface area contributed by atoms with Crippen molar-refractivity contribution < 1.29 is 27.9 Å². The van der Waals surface area contributed by atoms with Crippen molar-refractivity contribution in [3.8, 4) is 0 Å². The third kappa shape index (κ3) is 5.90. The first-order chi connectivity index (χ1) is 18.9. The van der Waals surface area contributed by atoms with E-state index < -0.39 is 23.5 Å². The van der Waals surface area contributed by atoms with Crippen LogP contribution in [0.5, 0.6) is 0 Å². The van der Waals surface area contributed by atoms with Crippen LogP contribution < -0.4 is 5.32 Å². The van der Waals surface area contributed by atoms with Gasteiger partial charge in [-0.25, -0.2) is 19.7 Å². The number of carboxylic acid groups (broad SMARTS) is 1. The fourth-order valence-electron chi connectivity index (χ4n) is 5.47. The third-order valence-corrected chi connectivity index (χ3v) is 7.86. The highest BCUT2D eigenvalue weighted by atomic mass is 19.4. The third-order valence-electron chi connectivity index (χ3n) is 7.86. The van der Waals surface area contributed by atoms with E-state index in [9.17, 15) is 27.9 Å². The van der Waals surface area contributed by atoms with Crippen molar-refractivity contribution in [2.45, 2.75) is 65.1 Å². The van der Waals surface area contributed by atoms with Crippen LogP contribution in [0.25, 0.3) is 11.2 Å². The molecule has 0 radical (unpaired) electrons. The van der Waals surface area contributed by atoms with Crippen LogP contribution in [0.4, 0.5) is 19.0 Å². The number of likely N-dealkylation sites (tertiary alicyclic amines) is 1. The van der Waals surface area contributed by atoms with E-state index in [0.29, 0.717) is 36.6 Å². The minimum Gasteiger partial charge on any atom is -0.475 e. The number of benzene rings is 1. The Labute approximate surface area is 229 Å². The van der Waals surface area contributed by atoms with Gasteiger partial charge >= 0.3 is 12.1 Å². The number of aromatic nitrogens is 4. The summed E-state index contributed by atoms with van der Waals surface area (Å²) in [6.07, 6.45) is 1.72. The van der Waals surface area contributed by atoms with Crippen molar-refractivity contribution in [1.29, 1.82) is 0 Å². The Morgan fingerprint density at radius 2 is 1.82 bits per heavy atom. The topological polar surface area (TPSA) is 113 Å². The molecule has 2 aliphatic rings. The molecule has 5 rings (SSSR count). The van der Waals surface area contributed by atoms with Crippen molar-refractivity contribution in [3.63, 3.8) is 0 Å². The van der Waals surface area contributed by atoms with Crippen LogP contribution in [0, 0.1) is 11.3 Å². The van der Waals surface area contributed by atoms with Crippen molar-refractivity contribution in [2.75, 3.05) is 25.0 Å². The number of aromatic carboxylic acids is 1. The zero-order chi connectivity index (χ0) is 28.7. The first-order valence-corrected chi connectivity index (χ1v) is 13.6. The molecule has 1 saturated carbocycles. The summed E-state index contributed by atoms with van der Waals surface area (Å²) in [7, 11) is 0. The second-order valence-electron chi connectivity index (χ2n) is 11.6. The molecule has 12 heteroatoms. The van der Waals surface area contributed by atoms with Crippen LogP contribution in [0.2, 0.25) is 0 Å². The lowest BCUT2D eigenvalue weighted by Gasteiger charge is -2.37. The number of nitrogens with one attached hydrogen (secondary N) is 1. The van der Waals surface area contributed by atoms with Gasteiger partial charge in [0, 0.05) is 19.6 Å². The second-order valence-corrected chi connectivity index (χ2v) is 11.6. The van der Waals surface area contributed by atoms with E-state index in [0.717, 1.165) is 44.2 Å². The van der Waals surface area contributed by atoms with Crippen LogP contribution in [-0.4, -0.2) is 61.0 Å². The molecule has 3 aromatic rings. The van der Waals surface area contributed by atoms with E-state index in [4.69, 9.17) is 0 Å². The number of rotatable bonds is 8. The number of halogens is 3. The molecule has 1 saturated heterocycles. The number of hydrogen-bond acceptors (Lipinski definition) is 6. The molecule has 0 unspecified atom stereocenters. The Kier molecular flexibility index (Phi) is 7.45. The lowest BCUT2D eigenvalue weighted by atomic mass is 9.83. The van der Waals surface area contributed by atoms with Crippen molar-refractivity contribution in [3.05, 3.63) is 47.0 Å². The van der Waals surface area contributed by atoms with Gasteiger partial charge in [0.25, 0.3) is 5.91 Å². The summed E-state index contributed by atoms with van der Waals surface area (Å²) >= 11 is 0.